The molecule has 0 saturated carbocycles. The molecule has 1 aliphatic heterocycles. The van der Waals surface area contributed by atoms with Crippen LogP contribution >= 0.6 is 0 Å². The van der Waals surface area contributed by atoms with Crippen LogP contribution in [0.1, 0.15) is 28.8 Å². The van der Waals surface area contributed by atoms with Crippen molar-refractivity contribution in [2.24, 2.45) is 7.05 Å². The molecule has 4 rings (SSSR count). The zero-order valence-corrected chi connectivity index (χ0v) is 16.0. The Balaban J connectivity index is 1.40. The number of fused-ring (bicyclic) bond motifs is 1. The Morgan fingerprint density at radius 2 is 2.11 bits per heavy atom. The van der Waals surface area contributed by atoms with Gasteiger partial charge in [0.15, 0.2) is 0 Å². The van der Waals surface area contributed by atoms with Gasteiger partial charge in [-0.15, -0.1) is 0 Å². The minimum Gasteiger partial charge on any atom is -0.391 e. The number of aliphatic hydroxyl groups is 1. The van der Waals surface area contributed by atoms with E-state index in [0.29, 0.717) is 18.7 Å². The van der Waals surface area contributed by atoms with Crippen LogP contribution in [0.3, 0.4) is 0 Å². The maximum Gasteiger partial charge on any atom is 0.251 e. The first-order valence-corrected chi connectivity index (χ1v) is 9.68. The Morgan fingerprint density at radius 3 is 2.86 bits per heavy atom. The van der Waals surface area contributed by atoms with Crippen molar-refractivity contribution in [1.29, 1.82) is 0 Å². The summed E-state index contributed by atoms with van der Waals surface area (Å²) < 4.78 is 2.02. The number of aliphatic hydroxyl groups excluding tert-OH is 1. The lowest BCUT2D eigenvalue weighted by molar-refractivity contribution is 0.0953. The number of nitrogens with one attached hydrogen (secondary N) is 1. The highest BCUT2D eigenvalue weighted by molar-refractivity contribution is 5.97. The molecule has 2 aromatic heterocycles. The molecule has 146 valence electrons. The summed E-state index contributed by atoms with van der Waals surface area (Å²) in [6.45, 7) is 2.02. The number of hydrogen-bond acceptors (Lipinski definition) is 5. The van der Waals surface area contributed by atoms with Gasteiger partial charge in [-0.05, 0) is 55.2 Å². The minimum atomic E-state index is -0.298. The van der Waals surface area contributed by atoms with E-state index < -0.39 is 0 Å². The number of rotatable bonds is 6. The van der Waals surface area contributed by atoms with E-state index in [1.165, 1.54) is 5.56 Å². The molecule has 1 atom stereocenters. The molecule has 0 bridgehead atoms. The number of carbonyl (C=O) groups is 1. The third kappa shape index (κ3) is 3.84. The molecule has 0 spiro atoms. The lowest BCUT2D eigenvalue weighted by Crippen LogP contribution is -2.24. The second-order valence-electron chi connectivity index (χ2n) is 7.28. The molecule has 1 aromatic carbocycles. The monoisotopic (exact) mass is 379 g/mol. The molecule has 7 heteroatoms. The van der Waals surface area contributed by atoms with Gasteiger partial charge in [-0.3, -0.25) is 9.78 Å². The summed E-state index contributed by atoms with van der Waals surface area (Å²) in [7, 11) is 1.97. The zero-order chi connectivity index (χ0) is 19.5. The highest BCUT2D eigenvalue weighted by Gasteiger charge is 2.24. The number of nitrogens with zero attached hydrogens (tertiary/aromatic N) is 4. The van der Waals surface area contributed by atoms with Crippen molar-refractivity contribution < 1.29 is 9.90 Å². The molecular formula is C21H25N5O2. The second-order valence-corrected chi connectivity index (χ2v) is 7.28. The molecule has 3 heterocycles. The van der Waals surface area contributed by atoms with Crippen molar-refractivity contribution in [1.82, 2.24) is 19.9 Å². The normalized spacial score (nSPS) is 16.6. The van der Waals surface area contributed by atoms with E-state index in [1.807, 2.05) is 41.9 Å². The van der Waals surface area contributed by atoms with Crippen LogP contribution in [-0.4, -0.2) is 51.3 Å². The van der Waals surface area contributed by atoms with E-state index in [0.717, 1.165) is 42.8 Å². The largest absolute Gasteiger partial charge is 0.391 e. The van der Waals surface area contributed by atoms with Gasteiger partial charge >= 0.3 is 0 Å². The van der Waals surface area contributed by atoms with Gasteiger partial charge in [0.25, 0.3) is 5.91 Å². The highest BCUT2D eigenvalue weighted by Crippen LogP contribution is 2.25. The van der Waals surface area contributed by atoms with Gasteiger partial charge in [0.2, 0.25) is 5.95 Å². The summed E-state index contributed by atoms with van der Waals surface area (Å²) in [4.78, 5) is 23.3. The molecule has 7 nitrogen and oxygen atoms in total. The summed E-state index contributed by atoms with van der Waals surface area (Å²) in [6.07, 6.45) is 5.82. The zero-order valence-electron chi connectivity index (χ0n) is 16.0. The fourth-order valence-corrected chi connectivity index (χ4v) is 3.68. The van der Waals surface area contributed by atoms with E-state index in [9.17, 15) is 9.90 Å². The standard InChI is InChI=1S/C21H25N5O2/c1-25-19-5-4-16(13-18(19)24-21(25)26-12-8-17(27)14-26)20(28)23-9-2-3-15-6-10-22-11-7-15/h4-7,10-11,13,17,27H,2-3,8-9,12,14H2,1H3,(H,23,28)/t17-/m0/s1. The van der Waals surface area contributed by atoms with E-state index in [4.69, 9.17) is 4.98 Å². The summed E-state index contributed by atoms with van der Waals surface area (Å²) in [5.74, 6) is 0.752. The number of pyridine rings is 1. The molecule has 1 aliphatic rings. The molecule has 1 saturated heterocycles. The molecule has 0 unspecified atom stereocenters. The fraction of sp³-hybridized carbons (Fsp3) is 0.381. The van der Waals surface area contributed by atoms with E-state index in [1.54, 1.807) is 12.4 Å². The number of amides is 1. The molecule has 0 radical (unpaired) electrons. The smallest absolute Gasteiger partial charge is 0.251 e. The number of anilines is 1. The Kier molecular flexibility index (Phi) is 5.25. The molecule has 0 aliphatic carbocycles. The Labute approximate surface area is 164 Å². The van der Waals surface area contributed by atoms with Crippen molar-refractivity contribution in [2.45, 2.75) is 25.4 Å². The number of carbonyl (C=O) groups excluding carboxylic acids is 1. The quantitative estimate of drug-likeness (QED) is 0.639. The Bertz CT molecular complexity index is 970. The fourth-order valence-electron chi connectivity index (χ4n) is 3.68. The predicted octanol–water partition coefficient (Wildman–Crippen LogP) is 1.90. The lowest BCUT2D eigenvalue weighted by Gasteiger charge is -2.16. The van der Waals surface area contributed by atoms with Gasteiger partial charge in [-0.25, -0.2) is 4.98 Å². The first kappa shape index (κ1) is 18.4. The third-order valence-electron chi connectivity index (χ3n) is 5.24. The van der Waals surface area contributed by atoms with Crippen LogP contribution in [0.25, 0.3) is 11.0 Å². The van der Waals surface area contributed by atoms with Crippen molar-refractivity contribution in [3.8, 4) is 0 Å². The van der Waals surface area contributed by atoms with Crippen LogP contribution in [0, 0.1) is 0 Å². The van der Waals surface area contributed by atoms with E-state index in [2.05, 4.69) is 15.2 Å². The first-order chi connectivity index (χ1) is 13.6. The van der Waals surface area contributed by atoms with Crippen molar-refractivity contribution in [2.75, 3.05) is 24.5 Å². The van der Waals surface area contributed by atoms with Crippen LogP contribution < -0.4 is 10.2 Å². The average Bonchev–Trinajstić information content (AvgIpc) is 3.28. The van der Waals surface area contributed by atoms with Gasteiger partial charge in [-0.1, -0.05) is 0 Å². The van der Waals surface area contributed by atoms with Gasteiger partial charge in [0.1, 0.15) is 0 Å². The van der Waals surface area contributed by atoms with Crippen molar-refractivity contribution in [3.63, 3.8) is 0 Å². The van der Waals surface area contributed by atoms with Crippen LogP contribution in [0.5, 0.6) is 0 Å². The van der Waals surface area contributed by atoms with Crippen LogP contribution in [0.2, 0.25) is 0 Å². The third-order valence-corrected chi connectivity index (χ3v) is 5.24. The molecule has 28 heavy (non-hydrogen) atoms. The SMILES string of the molecule is Cn1c(N2CC[C@H](O)C2)nc2cc(C(=O)NCCCc3ccncc3)ccc21. The van der Waals surface area contributed by atoms with Crippen LogP contribution in [0.4, 0.5) is 5.95 Å². The van der Waals surface area contributed by atoms with E-state index in [-0.39, 0.29) is 12.0 Å². The van der Waals surface area contributed by atoms with Crippen LogP contribution in [0.15, 0.2) is 42.7 Å². The number of imidazole rings is 1. The number of aryl methyl sites for hydroxylation is 2. The highest BCUT2D eigenvalue weighted by atomic mass is 16.3. The summed E-state index contributed by atoms with van der Waals surface area (Å²) in [6, 6.07) is 9.60. The number of hydrogen-bond donors (Lipinski definition) is 2. The van der Waals surface area contributed by atoms with Gasteiger partial charge < -0.3 is 19.9 Å². The number of β-amino-alcohol motifs (C(OH)–C–C–N with tert-alkyl or cyclic N) is 1. The van der Waals surface area contributed by atoms with E-state index >= 15 is 0 Å². The van der Waals surface area contributed by atoms with Gasteiger partial charge in [-0.2, -0.15) is 0 Å². The number of benzene rings is 1. The first-order valence-electron chi connectivity index (χ1n) is 9.68. The maximum atomic E-state index is 12.5. The number of aromatic nitrogens is 3. The molecule has 1 amide bonds. The van der Waals surface area contributed by atoms with Gasteiger partial charge in [0, 0.05) is 44.6 Å². The van der Waals surface area contributed by atoms with Crippen molar-refractivity contribution in [3.05, 3.63) is 53.9 Å². The van der Waals surface area contributed by atoms with Gasteiger partial charge in [0.05, 0.1) is 17.1 Å². The van der Waals surface area contributed by atoms with Crippen molar-refractivity contribution >= 4 is 22.9 Å². The minimum absolute atomic E-state index is 0.0829. The van der Waals surface area contributed by atoms with Crippen LogP contribution in [-0.2, 0) is 13.5 Å². The molecular weight excluding hydrogens is 354 g/mol. The predicted molar refractivity (Wildman–Crippen MR) is 108 cm³/mol. The summed E-state index contributed by atoms with van der Waals surface area (Å²) in [5, 5.41) is 12.8. The summed E-state index contributed by atoms with van der Waals surface area (Å²) >= 11 is 0. The lowest BCUT2D eigenvalue weighted by atomic mass is 10.1. The second kappa shape index (κ2) is 7.98. The maximum absolute atomic E-state index is 12.5. The summed E-state index contributed by atoms with van der Waals surface area (Å²) in [5.41, 5.74) is 3.61. The average molecular weight is 379 g/mol. The molecule has 2 N–H and O–H groups in total. The Hall–Kier alpha value is -2.93. The molecule has 1 fully saturated rings. The molecule has 3 aromatic rings. The topological polar surface area (TPSA) is 83.3 Å². The Morgan fingerprint density at radius 1 is 1.29 bits per heavy atom.